The lowest BCUT2D eigenvalue weighted by atomic mass is 9.98. The first-order chi connectivity index (χ1) is 13.7. The lowest BCUT2D eigenvalue weighted by Gasteiger charge is -2.19. The molecule has 2 aromatic rings. The van der Waals surface area contributed by atoms with Crippen molar-refractivity contribution in [3.8, 4) is 23.3 Å². The largest absolute Gasteiger partial charge is 0.493 e. The first-order valence-corrected chi connectivity index (χ1v) is 10.0. The molecule has 0 saturated heterocycles. The SMILES string of the molecule is COc1ccc(C(C#Cc2ccccc2)CNC(N)=S)cc1OC1CCCC1. The van der Waals surface area contributed by atoms with E-state index in [2.05, 4.69) is 17.2 Å². The normalized spacial score (nSPS) is 14.6. The first kappa shape index (κ1) is 20.0. The highest BCUT2D eigenvalue weighted by molar-refractivity contribution is 7.80. The molecular formula is C23H26N2O2S. The summed E-state index contributed by atoms with van der Waals surface area (Å²) < 4.78 is 11.7. The van der Waals surface area contributed by atoms with E-state index in [1.54, 1.807) is 7.11 Å². The molecule has 3 N–H and O–H groups in total. The fourth-order valence-corrected chi connectivity index (χ4v) is 3.42. The Morgan fingerprint density at radius 1 is 1.18 bits per heavy atom. The summed E-state index contributed by atoms with van der Waals surface area (Å²) >= 11 is 4.98. The zero-order valence-corrected chi connectivity index (χ0v) is 16.9. The first-order valence-electron chi connectivity index (χ1n) is 9.60. The third-order valence-electron chi connectivity index (χ3n) is 4.83. The summed E-state index contributed by atoms with van der Waals surface area (Å²) in [5.74, 6) is 8.01. The van der Waals surface area contributed by atoms with Crippen molar-refractivity contribution in [2.24, 2.45) is 5.73 Å². The summed E-state index contributed by atoms with van der Waals surface area (Å²) in [6.07, 6.45) is 4.87. The van der Waals surface area contributed by atoms with Gasteiger partial charge in [0.15, 0.2) is 16.6 Å². The van der Waals surface area contributed by atoms with Gasteiger partial charge in [-0.3, -0.25) is 0 Å². The number of ether oxygens (including phenoxy) is 2. The van der Waals surface area contributed by atoms with Crippen LogP contribution in [-0.2, 0) is 0 Å². The van der Waals surface area contributed by atoms with Crippen molar-refractivity contribution in [1.29, 1.82) is 0 Å². The van der Waals surface area contributed by atoms with Crippen LogP contribution < -0.4 is 20.5 Å². The Hall–Kier alpha value is -2.71. The fourth-order valence-electron chi connectivity index (χ4n) is 3.33. The lowest BCUT2D eigenvalue weighted by Crippen LogP contribution is -2.32. The van der Waals surface area contributed by atoms with Crippen LogP contribution in [0.5, 0.6) is 11.5 Å². The molecule has 0 heterocycles. The van der Waals surface area contributed by atoms with Gasteiger partial charge in [0, 0.05) is 12.1 Å². The second kappa shape index (κ2) is 10.0. The van der Waals surface area contributed by atoms with Crippen molar-refractivity contribution in [2.75, 3.05) is 13.7 Å². The van der Waals surface area contributed by atoms with E-state index in [1.807, 2.05) is 48.5 Å². The van der Waals surface area contributed by atoms with E-state index in [4.69, 9.17) is 27.4 Å². The second-order valence-electron chi connectivity index (χ2n) is 6.87. The zero-order valence-electron chi connectivity index (χ0n) is 16.1. The number of benzene rings is 2. The molecule has 0 aromatic heterocycles. The highest BCUT2D eigenvalue weighted by Crippen LogP contribution is 2.34. The quantitative estimate of drug-likeness (QED) is 0.573. The topological polar surface area (TPSA) is 56.5 Å². The van der Waals surface area contributed by atoms with Gasteiger partial charge in [0.05, 0.1) is 19.1 Å². The maximum Gasteiger partial charge on any atom is 0.163 e. The number of thiocarbonyl (C=S) groups is 1. The molecule has 1 aliphatic rings. The van der Waals surface area contributed by atoms with Crippen molar-refractivity contribution in [1.82, 2.24) is 5.32 Å². The number of hydrogen-bond donors (Lipinski definition) is 2. The molecule has 1 aliphatic carbocycles. The molecule has 2 aromatic carbocycles. The van der Waals surface area contributed by atoms with Gasteiger partial charge in [-0.1, -0.05) is 36.1 Å². The van der Waals surface area contributed by atoms with Crippen LogP contribution in [0.3, 0.4) is 0 Å². The Bertz CT molecular complexity index is 852. The third kappa shape index (κ3) is 5.64. The highest BCUT2D eigenvalue weighted by atomic mass is 32.1. The minimum Gasteiger partial charge on any atom is -0.493 e. The van der Waals surface area contributed by atoms with Gasteiger partial charge >= 0.3 is 0 Å². The minimum atomic E-state index is -0.0847. The van der Waals surface area contributed by atoms with Crippen LogP contribution in [0.4, 0.5) is 0 Å². The predicted octanol–water partition coefficient (Wildman–Crippen LogP) is 3.99. The van der Waals surface area contributed by atoms with Crippen molar-refractivity contribution < 1.29 is 9.47 Å². The Labute approximate surface area is 172 Å². The summed E-state index contributed by atoms with van der Waals surface area (Å²) in [6, 6.07) is 15.9. The zero-order chi connectivity index (χ0) is 19.8. The lowest BCUT2D eigenvalue weighted by molar-refractivity contribution is 0.200. The molecule has 1 fully saturated rings. The van der Waals surface area contributed by atoms with Crippen LogP contribution in [0.25, 0.3) is 0 Å². The predicted molar refractivity (Wildman–Crippen MR) is 117 cm³/mol. The second-order valence-corrected chi connectivity index (χ2v) is 7.31. The number of nitrogens with one attached hydrogen (secondary N) is 1. The fraction of sp³-hybridized carbons (Fsp3) is 0.348. The van der Waals surface area contributed by atoms with Gasteiger partial charge in [0.25, 0.3) is 0 Å². The molecule has 1 saturated carbocycles. The van der Waals surface area contributed by atoms with E-state index in [1.165, 1.54) is 12.8 Å². The summed E-state index contributed by atoms with van der Waals surface area (Å²) in [5.41, 5.74) is 7.65. The van der Waals surface area contributed by atoms with Crippen LogP contribution in [-0.4, -0.2) is 24.9 Å². The maximum absolute atomic E-state index is 6.23. The summed E-state index contributed by atoms with van der Waals surface area (Å²) in [6.45, 7) is 0.532. The average molecular weight is 395 g/mol. The van der Waals surface area contributed by atoms with E-state index in [0.29, 0.717) is 6.54 Å². The molecule has 0 spiro atoms. The van der Waals surface area contributed by atoms with Gasteiger partial charge in [0.2, 0.25) is 0 Å². The standard InChI is InChI=1S/C23H26N2O2S/c1-26-21-14-13-18(15-22(21)27-20-9-5-6-10-20)19(16-25-23(24)28)12-11-17-7-3-2-4-8-17/h2-4,7-8,13-15,19-20H,5-6,9-10,16H2,1H3,(H3,24,25,28). The van der Waals surface area contributed by atoms with E-state index in [9.17, 15) is 0 Å². The molecule has 3 rings (SSSR count). The van der Waals surface area contributed by atoms with E-state index in [-0.39, 0.29) is 17.1 Å². The van der Waals surface area contributed by atoms with Crippen molar-refractivity contribution in [3.05, 3.63) is 59.7 Å². The molecule has 0 bridgehead atoms. The molecule has 4 nitrogen and oxygen atoms in total. The van der Waals surface area contributed by atoms with Gasteiger partial charge in [-0.2, -0.15) is 0 Å². The summed E-state index contributed by atoms with van der Waals surface area (Å²) in [5, 5.41) is 3.30. The molecule has 1 atom stereocenters. The van der Waals surface area contributed by atoms with Crippen LogP contribution in [0.2, 0.25) is 0 Å². The van der Waals surface area contributed by atoms with Crippen LogP contribution in [0, 0.1) is 11.8 Å². The Kier molecular flexibility index (Phi) is 7.16. The molecule has 0 radical (unpaired) electrons. The smallest absolute Gasteiger partial charge is 0.163 e. The number of rotatable bonds is 6. The highest BCUT2D eigenvalue weighted by Gasteiger charge is 2.20. The minimum absolute atomic E-state index is 0.0847. The van der Waals surface area contributed by atoms with E-state index >= 15 is 0 Å². The van der Waals surface area contributed by atoms with Crippen molar-refractivity contribution in [2.45, 2.75) is 37.7 Å². The molecule has 0 aliphatic heterocycles. The number of hydrogen-bond acceptors (Lipinski definition) is 3. The maximum atomic E-state index is 6.23. The molecule has 5 heteroatoms. The molecule has 146 valence electrons. The van der Waals surface area contributed by atoms with E-state index in [0.717, 1.165) is 35.5 Å². The Morgan fingerprint density at radius 2 is 1.93 bits per heavy atom. The van der Waals surface area contributed by atoms with Gasteiger partial charge in [-0.25, -0.2) is 0 Å². The number of nitrogens with two attached hydrogens (primary N) is 1. The molecule has 1 unspecified atom stereocenters. The van der Waals surface area contributed by atoms with Gasteiger partial charge in [-0.15, -0.1) is 0 Å². The summed E-state index contributed by atoms with van der Waals surface area (Å²) in [7, 11) is 1.66. The molecule has 0 amide bonds. The third-order valence-corrected chi connectivity index (χ3v) is 4.98. The Morgan fingerprint density at radius 3 is 2.61 bits per heavy atom. The van der Waals surface area contributed by atoms with Crippen LogP contribution in [0.15, 0.2) is 48.5 Å². The molecular weight excluding hydrogens is 368 g/mol. The van der Waals surface area contributed by atoms with Crippen molar-refractivity contribution in [3.63, 3.8) is 0 Å². The van der Waals surface area contributed by atoms with Crippen molar-refractivity contribution >= 4 is 17.3 Å². The summed E-state index contributed by atoms with van der Waals surface area (Å²) in [4.78, 5) is 0. The van der Waals surface area contributed by atoms with E-state index < -0.39 is 0 Å². The van der Waals surface area contributed by atoms with Crippen LogP contribution >= 0.6 is 12.2 Å². The van der Waals surface area contributed by atoms with Crippen LogP contribution in [0.1, 0.15) is 42.7 Å². The van der Waals surface area contributed by atoms with Gasteiger partial charge < -0.3 is 20.5 Å². The molecule has 28 heavy (non-hydrogen) atoms. The number of methoxy groups -OCH3 is 1. The average Bonchev–Trinajstić information content (AvgIpc) is 3.22. The Balaban J connectivity index is 1.87. The van der Waals surface area contributed by atoms with Gasteiger partial charge in [0.1, 0.15) is 0 Å². The monoisotopic (exact) mass is 394 g/mol. The van der Waals surface area contributed by atoms with Gasteiger partial charge in [-0.05, 0) is 67.7 Å².